The maximum Gasteiger partial charge on any atom is 0.336 e. The molecular formula is C20H18ClNO4. The molecule has 0 saturated heterocycles. The van der Waals surface area contributed by atoms with Gasteiger partial charge in [0, 0.05) is 23.2 Å². The third-order valence-corrected chi connectivity index (χ3v) is 4.92. The van der Waals surface area contributed by atoms with E-state index in [1.165, 1.54) is 6.07 Å². The van der Waals surface area contributed by atoms with E-state index in [9.17, 15) is 4.79 Å². The van der Waals surface area contributed by atoms with Crippen molar-refractivity contribution in [3.8, 4) is 11.5 Å². The zero-order valence-corrected chi connectivity index (χ0v) is 15.3. The molecule has 0 atom stereocenters. The van der Waals surface area contributed by atoms with Gasteiger partial charge in [0.05, 0.1) is 24.2 Å². The molecule has 0 spiro atoms. The number of hydrogen-bond acceptors (Lipinski definition) is 5. The van der Waals surface area contributed by atoms with Crippen molar-refractivity contribution in [2.24, 2.45) is 0 Å². The maximum absolute atomic E-state index is 12.0. The minimum absolute atomic E-state index is 0.350. The largest absolute Gasteiger partial charge is 0.497 e. The number of benzene rings is 2. The van der Waals surface area contributed by atoms with E-state index in [4.69, 9.17) is 25.5 Å². The van der Waals surface area contributed by atoms with Gasteiger partial charge in [0.2, 0.25) is 0 Å². The van der Waals surface area contributed by atoms with Crippen LogP contribution < -0.4 is 20.0 Å². The Bertz CT molecular complexity index is 1040. The SMILES string of the molecule is CCc1cc(=O)oc2c3c(c(Cl)cc12)OCN(c1cccc(OC)c1)C3. The summed E-state index contributed by atoms with van der Waals surface area (Å²) in [6.45, 7) is 2.87. The highest BCUT2D eigenvalue weighted by molar-refractivity contribution is 6.33. The van der Waals surface area contributed by atoms with Crippen LogP contribution in [-0.2, 0) is 13.0 Å². The van der Waals surface area contributed by atoms with Gasteiger partial charge in [-0.05, 0) is 30.2 Å². The normalized spacial score (nSPS) is 13.4. The lowest BCUT2D eigenvalue weighted by atomic mass is 10.0. The summed E-state index contributed by atoms with van der Waals surface area (Å²) >= 11 is 6.45. The quantitative estimate of drug-likeness (QED) is 0.640. The predicted octanol–water partition coefficient (Wildman–Crippen LogP) is 4.37. The molecule has 4 rings (SSSR count). The minimum atomic E-state index is -0.364. The fourth-order valence-corrected chi connectivity index (χ4v) is 3.59. The Morgan fingerprint density at radius 3 is 2.88 bits per heavy atom. The summed E-state index contributed by atoms with van der Waals surface area (Å²) in [7, 11) is 1.63. The van der Waals surface area contributed by atoms with Gasteiger partial charge < -0.3 is 18.8 Å². The number of hydrogen-bond donors (Lipinski definition) is 0. The lowest BCUT2D eigenvalue weighted by Crippen LogP contribution is -2.32. The Labute approximate surface area is 155 Å². The fraction of sp³-hybridized carbons (Fsp3) is 0.250. The van der Waals surface area contributed by atoms with Crippen molar-refractivity contribution in [1.82, 2.24) is 0 Å². The molecule has 2 heterocycles. The summed E-state index contributed by atoms with van der Waals surface area (Å²) in [5.74, 6) is 1.35. The molecular weight excluding hydrogens is 354 g/mol. The van der Waals surface area contributed by atoms with Crippen LogP contribution in [-0.4, -0.2) is 13.8 Å². The van der Waals surface area contributed by atoms with Gasteiger partial charge in [0.15, 0.2) is 6.73 Å². The number of nitrogens with zero attached hydrogens (tertiary/aromatic N) is 1. The number of ether oxygens (including phenoxy) is 2. The Hall–Kier alpha value is -2.66. The number of rotatable bonds is 3. The molecule has 1 aliphatic heterocycles. The average Bonchev–Trinajstić information content (AvgIpc) is 2.68. The summed E-state index contributed by atoms with van der Waals surface area (Å²) < 4.78 is 16.8. The second-order valence-electron chi connectivity index (χ2n) is 6.16. The number of methoxy groups -OCH3 is 1. The summed E-state index contributed by atoms with van der Waals surface area (Å²) in [6.07, 6.45) is 0.720. The van der Waals surface area contributed by atoms with Crippen molar-refractivity contribution in [2.75, 3.05) is 18.7 Å². The highest BCUT2D eigenvalue weighted by Crippen LogP contribution is 2.40. The monoisotopic (exact) mass is 371 g/mol. The van der Waals surface area contributed by atoms with Crippen molar-refractivity contribution in [3.05, 3.63) is 63.0 Å². The fourth-order valence-electron chi connectivity index (χ4n) is 3.32. The third-order valence-electron chi connectivity index (χ3n) is 4.63. The lowest BCUT2D eigenvalue weighted by Gasteiger charge is -2.31. The molecule has 0 amide bonds. The highest BCUT2D eigenvalue weighted by Gasteiger charge is 2.25. The smallest absolute Gasteiger partial charge is 0.336 e. The van der Waals surface area contributed by atoms with Crippen LogP contribution in [0.1, 0.15) is 18.1 Å². The Balaban J connectivity index is 1.86. The van der Waals surface area contributed by atoms with Gasteiger partial charge >= 0.3 is 5.63 Å². The standard InChI is InChI=1S/C20H18ClNO4/c1-3-12-7-18(23)26-19-15(12)9-17(21)20-16(19)10-22(11-25-20)13-5-4-6-14(8-13)24-2/h4-9H,3,10-11H2,1-2H3. The van der Waals surface area contributed by atoms with E-state index in [0.717, 1.165) is 34.4 Å². The van der Waals surface area contributed by atoms with Crippen LogP contribution in [0.25, 0.3) is 11.0 Å². The van der Waals surface area contributed by atoms with Crippen LogP contribution in [0.15, 0.2) is 45.6 Å². The second-order valence-corrected chi connectivity index (χ2v) is 6.57. The van der Waals surface area contributed by atoms with Gasteiger partial charge in [0.1, 0.15) is 17.1 Å². The first kappa shape index (κ1) is 16.8. The van der Waals surface area contributed by atoms with E-state index in [1.807, 2.05) is 42.2 Å². The first-order valence-electron chi connectivity index (χ1n) is 8.40. The van der Waals surface area contributed by atoms with Crippen LogP contribution in [0.4, 0.5) is 5.69 Å². The molecule has 1 aliphatic rings. The van der Waals surface area contributed by atoms with E-state index in [-0.39, 0.29) is 5.63 Å². The third kappa shape index (κ3) is 2.78. The van der Waals surface area contributed by atoms with Gasteiger partial charge in [0.25, 0.3) is 0 Å². The van der Waals surface area contributed by atoms with Crippen molar-refractivity contribution in [2.45, 2.75) is 19.9 Å². The number of aryl methyl sites for hydroxylation is 1. The molecule has 6 heteroatoms. The molecule has 134 valence electrons. The van der Waals surface area contributed by atoms with Gasteiger partial charge in [-0.2, -0.15) is 0 Å². The number of halogens is 1. The van der Waals surface area contributed by atoms with Crippen molar-refractivity contribution in [3.63, 3.8) is 0 Å². The molecule has 5 nitrogen and oxygen atoms in total. The molecule has 0 bridgehead atoms. The van der Waals surface area contributed by atoms with Crippen LogP contribution in [0.5, 0.6) is 11.5 Å². The minimum Gasteiger partial charge on any atom is -0.497 e. The lowest BCUT2D eigenvalue weighted by molar-refractivity contribution is 0.289. The molecule has 2 aromatic carbocycles. The van der Waals surface area contributed by atoms with Crippen LogP contribution in [0.2, 0.25) is 5.02 Å². The maximum atomic E-state index is 12.0. The van der Waals surface area contributed by atoms with Crippen LogP contribution in [0.3, 0.4) is 0 Å². The highest BCUT2D eigenvalue weighted by atomic mass is 35.5. The zero-order valence-electron chi connectivity index (χ0n) is 14.5. The Morgan fingerprint density at radius 1 is 1.27 bits per heavy atom. The summed E-state index contributed by atoms with van der Waals surface area (Å²) in [5, 5.41) is 1.38. The number of fused-ring (bicyclic) bond motifs is 3. The molecule has 0 saturated carbocycles. The van der Waals surface area contributed by atoms with E-state index >= 15 is 0 Å². The van der Waals surface area contributed by atoms with Crippen molar-refractivity contribution in [1.29, 1.82) is 0 Å². The molecule has 3 aromatic rings. The van der Waals surface area contributed by atoms with Crippen LogP contribution in [0, 0.1) is 0 Å². The summed E-state index contributed by atoms with van der Waals surface area (Å²) in [6, 6.07) is 11.1. The van der Waals surface area contributed by atoms with E-state index in [1.54, 1.807) is 7.11 Å². The molecule has 0 unspecified atom stereocenters. The zero-order chi connectivity index (χ0) is 18.3. The van der Waals surface area contributed by atoms with E-state index in [2.05, 4.69) is 0 Å². The molecule has 1 aromatic heterocycles. The van der Waals surface area contributed by atoms with Gasteiger partial charge in [-0.25, -0.2) is 4.79 Å². The van der Waals surface area contributed by atoms with Gasteiger partial charge in [-0.3, -0.25) is 0 Å². The average molecular weight is 372 g/mol. The first-order chi connectivity index (χ1) is 12.6. The van der Waals surface area contributed by atoms with Crippen LogP contribution >= 0.6 is 11.6 Å². The Morgan fingerprint density at radius 2 is 2.12 bits per heavy atom. The summed E-state index contributed by atoms with van der Waals surface area (Å²) in [5.41, 5.74) is 2.84. The second kappa shape index (κ2) is 6.57. The molecule has 0 fully saturated rings. The van der Waals surface area contributed by atoms with Gasteiger partial charge in [-0.15, -0.1) is 0 Å². The molecule has 0 radical (unpaired) electrons. The topological polar surface area (TPSA) is 51.9 Å². The van der Waals surface area contributed by atoms with E-state index in [0.29, 0.717) is 29.6 Å². The molecule has 0 aliphatic carbocycles. The van der Waals surface area contributed by atoms with Gasteiger partial charge in [-0.1, -0.05) is 24.6 Å². The van der Waals surface area contributed by atoms with Crippen molar-refractivity contribution >= 4 is 28.3 Å². The predicted molar refractivity (Wildman–Crippen MR) is 102 cm³/mol. The summed E-state index contributed by atoms with van der Waals surface area (Å²) in [4.78, 5) is 14.0. The number of anilines is 1. The van der Waals surface area contributed by atoms with Crippen molar-refractivity contribution < 1.29 is 13.9 Å². The first-order valence-corrected chi connectivity index (χ1v) is 8.78. The molecule has 26 heavy (non-hydrogen) atoms. The molecule has 0 N–H and O–H groups in total. The van der Waals surface area contributed by atoms with E-state index < -0.39 is 0 Å². The Kier molecular flexibility index (Phi) is 4.24.